The highest BCUT2D eigenvalue weighted by atomic mass is 16.2. The number of aromatic nitrogens is 5. The smallest absolute Gasteiger partial charge is 0.317 e. The van der Waals surface area contributed by atoms with Crippen molar-refractivity contribution >= 4 is 16.9 Å². The molecule has 2 atom stereocenters. The van der Waals surface area contributed by atoms with Crippen molar-refractivity contribution in [2.45, 2.75) is 37.8 Å². The van der Waals surface area contributed by atoms with Gasteiger partial charge in [0, 0.05) is 61.1 Å². The normalized spacial score (nSPS) is 20.5. The molecule has 1 N–H and O–H groups in total. The highest BCUT2D eigenvalue weighted by Gasteiger charge is 2.47. The number of nitrogens with one attached hydrogen (secondary N) is 1. The van der Waals surface area contributed by atoms with Crippen molar-refractivity contribution in [1.82, 2.24) is 34.8 Å². The molecule has 2 amide bonds. The molecule has 2 aliphatic heterocycles. The van der Waals surface area contributed by atoms with Crippen LogP contribution in [0.4, 0.5) is 4.79 Å². The van der Waals surface area contributed by atoms with Crippen LogP contribution in [0.3, 0.4) is 0 Å². The van der Waals surface area contributed by atoms with Gasteiger partial charge in [-0.25, -0.2) is 4.79 Å². The van der Waals surface area contributed by atoms with E-state index < -0.39 is 0 Å². The van der Waals surface area contributed by atoms with Gasteiger partial charge < -0.3 is 10.2 Å². The van der Waals surface area contributed by atoms with Gasteiger partial charge in [0.1, 0.15) is 0 Å². The molecule has 1 saturated heterocycles. The van der Waals surface area contributed by atoms with Crippen LogP contribution in [0.15, 0.2) is 54.9 Å². The minimum atomic E-state index is -0.0948. The molecule has 33 heavy (non-hydrogen) atoms. The van der Waals surface area contributed by atoms with Gasteiger partial charge in [-0.1, -0.05) is 18.2 Å². The van der Waals surface area contributed by atoms with E-state index in [1.807, 2.05) is 49.3 Å². The van der Waals surface area contributed by atoms with Crippen molar-refractivity contribution in [3.05, 3.63) is 66.2 Å². The third kappa shape index (κ3) is 3.28. The van der Waals surface area contributed by atoms with E-state index in [0.717, 1.165) is 60.3 Å². The molecule has 0 saturated carbocycles. The second kappa shape index (κ2) is 7.43. The molecule has 2 aliphatic rings. The lowest BCUT2D eigenvalue weighted by atomic mass is 9.82. The molecule has 6 rings (SSSR count). The third-order valence-corrected chi connectivity index (χ3v) is 7.30. The van der Waals surface area contributed by atoms with Crippen LogP contribution >= 0.6 is 0 Å². The van der Waals surface area contributed by atoms with E-state index in [0.29, 0.717) is 0 Å². The third-order valence-electron chi connectivity index (χ3n) is 7.30. The summed E-state index contributed by atoms with van der Waals surface area (Å²) < 4.78 is 3.93. The maximum atomic E-state index is 13.0. The summed E-state index contributed by atoms with van der Waals surface area (Å²) in [4.78, 5) is 19.6. The second-order valence-corrected chi connectivity index (χ2v) is 9.31. The molecule has 0 radical (unpaired) electrons. The fourth-order valence-corrected chi connectivity index (χ4v) is 5.43. The van der Waals surface area contributed by atoms with E-state index in [-0.39, 0.29) is 17.5 Å². The van der Waals surface area contributed by atoms with Crippen LogP contribution in [0.2, 0.25) is 0 Å². The van der Waals surface area contributed by atoms with Crippen LogP contribution in [-0.2, 0) is 19.0 Å². The largest absolute Gasteiger partial charge is 0.330 e. The van der Waals surface area contributed by atoms with Gasteiger partial charge in [0.25, 0.3) is 0 Å². The number of pyridine rings is 1. The monoisotopic (exact) mass is 441 g/mol. The van der Waals surface area contributed by atoms with Crippen LogP contribution in [0.5, 0.6) is 0 Å². The molecule has 1 fully saturated rings. The van der Waals surface area contributed by atoms with Crippen LogP contribution in [0, 0.1) is 0 Å². The van der Waals surface area contributed by atoms with Crippen molar-refractivity contribution in [2.75, 3.05) is 13.1 Å². The number of amides is 2. The zero-order chi connectivity index (χ0) is 22.6. The number of urea groups is 1. The van der Waals surface area contributed by atoms with Gasteiger partial charge in [-0.15, -0.1) is 0 Å². The number of carbonyl (C=O) groups is 1. The lowest BCUT2D eigenvalue weighted by molar-refractivity contribution is 0.201. The summed E-state index contributed by atoms with van der Waals surface area (Å²) in [5.41, 5.74) is 5.17. The van der Waals surface area contributed by atoms with Crippen molar-refractivity contribution in [3.8, 4) is 11.3 Å². The Bertz CT molecular complexity index is 1360. The molecule has 8 heteroatoms. The Hall–Kier alpha value is -3.68. The summed E-state index contributed by atoms with van der Waals surface area (Å²) in [6, 6.07) is 14.3. The number of hydrogen-bond acceptors (Lipinski definition) is 4. The maximum absolute atomic E-state index is 13.0. The number of benzene rings is 1. The average Bonchev–Trinajstić information content (AvgIpc) is 3.59. The van der Waals surface area contributed by atoms with Gasteiger partial charge in [0.15, 0.2) is 0 Å². The first-order chi connectivity index (χ1) is 16.0. The molecular formula is C25H27N7O. The molecular weight excluding hydrogens is 414 g/mol. The Morgan fingerprint density at radius 3 is 2.85 bits per heavy atom. The van der Waals surface area contributed by atoms with Crippen molar-refractivity contribution in [2.24, 2.45) is 7.05 Å². The highest BCUT2D eigenvalue weighted by molar-refractivity contribution is 5.82. The number of hydrogen-bond donors (Lipinski definition) is 1. The number of aryl methyl sites for hydroxylation is 2. The van der Waals surface area contributed by atoms with Crippen LogP contribution in [0.25, 0.3) is 22.2 Å². The summed E-state index contributed by atoms with van der Waals surface area (Å²) in [5, 5.41) is 13.4. The molecule has 5 heterocycles. The SMILES string of the molecule is CC(NC(=O)N1CCC2(CCn3nc(-c4cnc5ccccc5c4)cc32)C1)c1ccnn1C. The summed E-state index contributed by atoms with van der Waals surface area (Å²) in [6.07, 6.45) is 5.64. The Balaban J connectivity index is 1.21. The van der Waals surface area contributed by atoms with Gasteiger partial charge >= 0.3 is 6.03 Å². The van der Waals surface area contributed by atoms with E-state index in [1.165, 1.54) is 5.69 Å². The van der Waals surface area contributed by atoms with Crippen LogP contribution in [-0.4, -0.2) is 48.6 Å². The first-order valence-corrected chi connectivity index (χ1v) is 11.5. The minimum Gasteiger partial charge on any atom is -0.330 e. The Kier molecular flexibility index (Phi) is 4.50. The summed E-state index contributed by atoms with van der Waals surface area (Å²) in [5.74, 6) is 0. The molecule has 2 unspecified atom stereocenters. The van der Waals surface area contributed by atoms with E-state index in [4.69, 9.17) is 5.10 Å². The van der Waals surface area contributed by atoms with Gasteiger partial charge in [-0.05, 0) is 44.0 Å². The molecule has 1 aromatic carbocycles. The molecule has 0 aliphatic carbocycles. The number of fused-ring (bicyclic) bond motifs is 3. The molecule has 3 aromatic heterocycles. The van der Waals surface area contributed by atoms with Crippen molar-refractivity contribution in [3.63, 3.8) is 0 Å². The molecule has 0 bridgehead atoms. The predicted molar refractivity (Wildman–Crippen MR) is 126 cm³/mol. The molecule has 1 spiro atoms. The summed E-state index contributed by atoms with van der Waals surface area (Å²) in [6.45, 7) is 4.35. The molecule has 8 nitrogen and oxygen atoms in total. The number of carbonyl (C=O) groups excluding carboxylic acids is 1. The van der Waals surface area contributed by atoms with Gasteiger partial charge in [0.05, 0.1) is 22.9 Å². The molecule has 4 aromatic rings. The van der Waals surface area contributed by atoms with E-state index in [9.17, 15) is 4.79 Å². The fourth-order valence-electron chi connectivity index (χ4n) is 5.43. The lowest BCUT2D eigenvalue weighted by Gasteiger charge is -2.25. The van der Waals surface area contributed by atoms with E-state index in [1.54, 1.807) is 10.9 Å². The number of rotatable bonds is 3. The minimum absolute atomic E-state index is 0.0162. The average molecular weight is 442 g/mol. The van der Waals surface area contributed by atoms with Gasteiger partial charge in [-0.3, -0.25) is 14.3 Å². The Labute approximate surface area is 192 Å². The van der Waals surface area contributed by atoms with Crippen molar-refractivity contribution in [1.29, 1.82) is 0 Å². The zero-order valence-corrected chi connectivity index (χ0v) is 18.9. The summed E-state index contributed by atoms with van der Waals surface area (Å²) >= 11 is 0. The van der Waals surface area contributed by atoms with Crippen LogP contribution < -0.4 is 5.32 Å². The highest BCUT2D eigenvalue weighted by Crippen LogP contribution is 2.43. The summed E-state index contributed by atoms with van der Waals surface area (Å²) in [7, 11) is 1.89. The Morgan fingerprint density at radius 2 is 2.00 bits per heavy atom. The van der Waals surface area contributed by atoms with E-state index in [2.05, 4.69) is 38.3 Å². The number of nitrogens with zero attached hydrogens (tertiary/aromatic N) is 6. The zero-order valence-electron chi connectivity index (χ0n) is 18.9. The number of likely N-dealkylation sites (tertiary alicyclic amines) is 1. The standard InChI is InChI=1S/C25H27N7O/c1-17(22-7-10-27-30(22)2)28-24(33)31-11-8-25(16-31)9-12-32-23(25)14-21(29-32)19-13-18-5-3-4-6-20(18)26-15-19/h3-7,10,13-15,17H,8-9,11-12,16H2,1-2H3,(H,28,33). The molecule has 168 valence electrons. The van der Waals surface area contributed by atoms with Gasteiger partial charge in [-0.2, -0.15) is 10.2 Å². The Morgan fingerprint density at radius 1 is 1.15 bits per heavy atom. The lowest BCUT2D eigenvalue weighted by Crippen LogP contribution is -2.41. The topological polar surface area (TPSA) is 80.9 Å². The first kappa shape index (κ1) is 20.0. The van der Waals surface area contributed by atoms with Gasteiger partial charge in [0.2, 0.25) is 0 Å². The van der Waals surface area contributed by atoms with Crippen molar-refractivity contribution < 1.29 is 4.79 Å². The number of para-hydroxylation sites is 1. The second-order valence-electron chi connectivity index (χ2n) is 9.31. The fraction of sp³-hybridized carbons (Fsp3) is 0.360. The maximum Gasteiger partial charge on any atom is 0.317 e. The predicted octanol–water partition coefficient (Wildman–Crippen LogP) is 3.65. The first-order valence-electron chi connectivity index (χ1n) is 11.5. The quantitative estimate of drug-likeness (QED) is 0.526. The van der Waals surface area contributed by atoms with E-state index >= 15 is 0 Å². The van der Waals surface area contributed by atoms with Crippen LogP contribution in [0.1, 0.15) is 37.2 Å².